The van der Waals surface area contributed by atoms with E-state index in [4.69, 9.17) is 4.52 Å². The predicted octanol–water partition coefficient (Wildman–Crippen LogP) is 2.45. The molecule has 4 nitrogen and oxygen atoms in total. The van der Waals surface area contributed by atoms with Crippen molar-refractivity contribution in [2.45, 2.75) is 25.3 Å². The average molecular weight is 283 g/mol. The summed E-state index contributed by atoms with van der Waals surface area (Å²) in [6, 6.07) is 2.27. The van der Waals surface area contributed by atoms with E-state index in [0.717, 1.165) is 12.1 Å². The van der Waals surface area contributed by atoms with Gasteiger partial charge in [-0.05, 0) is 25.0 Å². The standard InChI is InChI=1S/C13H12F3N3O/c14-9-5-7(6-10(15)12(9)16)13-18-11(20-19-13)3-4-17-8-1-2-8/h5-6,8,17H,1-4H2. The molecule has 0 atom stereocenters. The zero-order chi connectivity index (χ0) is 14.1. The molecule has 20 heavy (non-hydrogen) atoms. The van der Waals surface area contributed by atoms with Crippen molar-refractivity contribution in [3.05, 3.63) is 35.5 Å². The van der Waals surface area contributed by atoms with Gasteiger partial charge >= 0.3 is 0 Å². The predicted molar refractivity (Wildman–Crippen MR) is 64.3 cm³/mol. The van der Waals surface area contributed by atoms with Crippen molar-refractivity contribution in [3.63, 3.8) is 0 Å². The third kappa shape index (κ3) is 2.82. The first-order valence-corrected chi connectivity index (χ1v) is 6.34. The summed E-state index contributed by atoms with van der Waals surface area (Å²) in [5.41, 5.74) is 0.0477. The van der Waals surface area contributed by atoms with Gasteiger partial charge in [-0.3, -0.25) is 0 Å². The maximum absolute atomic E-state index is 13.1. The summed E-state index contributed by atoms with van der Waals surface area (Å²) < 4.78 is 44.1. The minimum atomic E-state index is -1.51. The average Bonchev–Trinajstić information content (AvgIpc) is 3.12. The van der Waals surface area contributed by atoms with Crippen LogP contribution in [0.2, 0.25) is 0 Å². The molecule has 0 spiro atoms. The normalized spacial score (nSPS) is 14.8. The molecular weight excluding hydrogens is 271 g/mol. The van der Waals surface area contributed by atoms with Crippen LogP contribution in [-0.2, 0) is 6.42 Å². The summed E-state index contributed by atoms with van der Waals surface area (Å²) in [5, 5.41) is 6.92. The molecular formula is C13H12F3N3O. The fourth-order valence-electron chi connectivity index (χ4n) is 1.83. The van der Waals surface area contributed by atoms with E-state index < -0.39 is 17.5 Å². The fourth-order valence-corrected chi connectivity index (χ4v) is 1.83. The quantitative estimate of drug-likeness (QED) is 0.856. The van der Waals surface area contributed by atoms with E-state index in [-0.39, 0.29) is 11.4 Å². The third-order valence-electron chi connectivity index (χ3n) is 3.06. The summed E-state index contributed by atoms with van der Waals surface area (Å²) in [4.78, 5) is 4.04. The highest BCUT2D eigenvalue weighted by atomic mass is 19.2. The van der Waals surface area contributed by atoms with Crippen LogP contribution in [0.15, 0.2) is 16.7 Å². The number of nitrogens with one attached hydrogen (secondary N) is 1. The van der Waals surface area contributed by atoms with Crippen molar-refractivity contribution in [1.29, 1.82) is 0 Å². The summed E-state index contributed by atoms with van der Waals surface area (Å²) in [6.07, 6.45) is 2.90. The molecule has 0 amide bonds. The Morgan fingerprint density at radius 3 is 2.55 bits per heavy atom. The van der Waals surface area contributed by atoms with Crippen LogP contribution in [0.3, 0.4) is 0 Å². The molecule has 0 radical (unpaired) electrons. The molecule has 1 fully saturated rings. The van der Waals surface area contributed by atoms with E-state index >= 15 is 0 Å². The van der Waals surface area contributed by atoms with Crippen molar-refractivity contribution in [2.75, 3.05) is 6.54 Å². The van der Waals surface area contributed by atoms with Gasteiger partial charge in [0, 0.05) is 24.6 Å². The van der Waals surface area contributed by atoms with Crippen molar-refractivity contribution in [3.8, 4) is 11.4 Å². The minimum absolute atomic E-state index is 0.0456. The summed E-state index contributed by atoms with van der Waals surface area (Å²) in [7, 11) is 0. The summed E-state index contributed by atoms with van der Waals surface area (Å²) in [5.74, 6) is -3.64. The summed E-state index contributed by atoms with van der Waals surface area (Å²) in [6.45, 7) is 0.707. The largest absolute Gasteiger partial charge is 0.339 e. The number of halogens is 3. The van der Waals surface area contributed by atoms with E-state index in [1.54, 1.807) is 0 Å². The molecule has 7 heteroatoms. The second-order valence-corrected chi connectivity index (χ2v) is 4.74. The lowest BCUT2D eigenvalue weighted by atomic mass is 10.2. The number of hydrogen-bond acceptors (Lipinski definition) is 4. The van der Waals surface area contributed by atoms with E-state index in [9.17, 15) is 13.2 Å². The molecule has 1 saturated carbocycles. The minimum Gasteiger partial charge on any atom is -0.339 e. The smallest absolute Gasteiger partial charge is 0.228 e. The molecule has 1 N–H and O–H groups in total. The van der Waals surface area contributed by atoms with Gasteiger partial charge in [-0.15, -0.1) is 0 Å². The second kappa shape index (κ2) is 5.24. The Morgan fingerprint density at radius 2 is 1.90 bits per heavy atom. The van der Waals surface area contributed by atoms with Crippen LogP contribution in [0, 0.1) is 17.5 Å². The Morgan fingerprint density at radius 1 is 1.20 bits per heavy atom. The van der Waals surface area contributed by atoms with E-state index in [1.807, 2.05) is 0 Å². The van der Waals surface area contributed by atoms with E-state index in [1.165, 1.54) is 12.8 Å². The van der Waals surface area contributed by atoms with E-state index in [2.05, 4.69) is 15.5 Å². The molecule has 1 heterocycles. The fraction of sp³-hybridized carbons (Fsp3) is 0.385. The van der Waals surface area contributed by atoms with Gasteiger partial charge in [0.1, 0.15) is 0 Å². The Hall–Kier alpha value is -1.89. The van der Waals surface area contributed by atoms with Gasteiger partial charge in [0.2, 0.25) is 11.7 Å². The zero-order valence-electron chi connectivity index (χ0n) is 10.5. The Balaban J connectivity index is 1.71. The molecule has 106 valence electrons. The van der Waals surface area contributed by atoms with Gasteiger partial charge in [-0.2, -0.15) is 4.98 Å². The molecule has 1 aromatic carbocycles. The Bertz CT molecular complexity index is 602. The van der Waals surface area contributed by atoms with Crippen LogP contribution < -0.4 is 5.32 Å². The van der Waals surface area contributed by atoms with Crippen LogP contribution >= 0.6 is 0 Å². The molecule has 0 aliphatic heterocycles. The van der Waals surface area contributed by atoms with Gasteiger partial charge < -0.3 is 9.84 Å². The number of hydrogen-bond donors (Lipinski definition) is 1. The van der Waals surface area contributed by atoms with Gasteiger partial charge in [0.25, 0.3) is 0 Å². The SMILES string of the molecule is Fc1cc(-c2noc(CCNC3CC3)n2)cc(F)c1F. The number of aromatic nitrogens is 2. The number of rotatable bonds is 5. The van der Waals surface area contributed by atoms with Gasteiger partial charge in [0.15, 0.2) is 17.5 Å². The highest BCUT2D eigenvalue weighted by Crippen LogP contribution is 2.22. The van der Waals surface area contributed by atoms with Crippen LogP contribution in [0.5, 0.6) is 0 Å². The van der Waals surface area contributed by atoms with Crippen LogP contribution in [0.1, 0.15) is 18.7 Å². The first-order chi connectivity index (χ1) is 9.63. The number of benzene rings is 1. The topological polar surface area (TPSA) is 51.0 Å². The van der Waals surface area contributed by atoms with E-state index in [0.29, 0.717) is 24.9 Å². The lowest BCUT2D eigenvalue weighted by Gasteiger charge is -1.98. The van der Waals surface area contributed by atoms with Gasteiger partial charge in [0.05, 0.1) is 0 Å². The van der Waals surface area contributed by atoms with Crippen molar-refractivity contribution in [2.24, 2.45) is 0 Å². The van der Waals surface area contributed by atoms with Crippen LogP contribution in [0.25, 0.3) is 11.4 Å². The maximum Gasteiger partial charge on any atom is 0.228 e. The van der Waals surface area contributed by atoms with Gasteiger partial charge in [-0.1, -0.05) is 5.16 Å². The highest BCUT2D eigenvalue weighted by molar-refractivity contribution is 5.54. The lowest BCUT2D eigenvalue weighted by molar-refractivity contribution is 0.376. The summed E-state index contributed by atoms with van der Waals surface area (Å²) >= 11 is 0. The first kappa shape index (κ1) is 13.1. The lowest BCUT2D eigenvalue weighted by Crippen LogP contribution is -2.19. The van der Waals surface area contributed by atoms with Crippen molar-refractivity contribution in [1.82, 2.24) is 15.5 Å². The molecule has 0 saturated heterocycles. The first-order valence-electron chi connectivity index (χ1n) is 6.34. The van der Waals surface area contributed by atoms with Crippen molar-refractivity contribution < 1.29 is 17.7 Å². The molecule has 1 aliphatic rings. The van der Waals surface area contributed by atoms with Crippen molar-refractivity contribution >= 4 is 0 Å². The molecule has 1 aromatic heterocycles. The Labute approximate surface area is 113 Å². The van der Waals surface area contributed by atoms with Crippen LogP contribution in [0.4, 0.5) is 13.2 Å². The highest BCUT2D eigenvalue weighted by Gasteiger charge is 2.20. The van der Waals surface area contributed by atoms with Crippen LogP contribution in [-0.4, -0.2) is 22.7 Å². The molecule has 0 unspecified atom stereocenters. The maximum atomic E-state index is 13.1. The molecule has 3 rings (SSSR count). The molecule has 1 aliphatic carbocycles. The third-order valence-corrected chi connectivity index (χ3v) is 3.06. The molecule has 0 bridgehead atoms. The number of nitrogens with zero attached hydrogens (tertiary/aromatic N) is 2. The van der Waals surface area contributed by atoms with Gasteiger partial charge in [-0.25, -0.2) is 13.2 Å². The molecule has 2 aromatic rings. The Kier molecular flexibility index (Phi) is 3.43. The zero-order valence-corrected chi connectivity index (χ0v) is 10.5. The second-order valence-electron chi connectivity index (χ2n) is 4.74. The monoisotopic (exact) mass is 283 g/mol.